The summed E-state index contributed by atoms with van der Waals surface area (Å²) in [6.45, 7) is 6.92. The third kappa shape index (κ3) is 4.37. The standard InChI is InChI=1S/C22H27N3O5/c1-14-6-5-9-24(12-14)19-8-7-17(11-20(19)25(28)29)22(27)30-13-21(26)18-10-15(2)23(4)16(18)3/h7-8,10-11,14H,5-6,9,12-13H2,1-4H3/t14-/m0/s1. The molecule has 1 aliphatic rings. The molecule has 0 aliphatic carbocycles. The molecule has 2 aromatic rings. The summed E-state index contributed by atoms with van der Waals surface area (Å²) in [5.41, 5.74) is 2.67. The molecule has 0 radical (unpaired) electrons. The van der Waals surface area contributed by atoms with E-state index in [2.05, 4.69) is 6.92 Å². The predicted molar refractivity (Wildman–Crippen MR) is 113 cm³/mol. The van der Waals surface area contributed by atoms with Crippen LogP contribution < -0.4 is 4.90 Å². The van der Waals surface area contributed by atoms with Crippen LogP contribution in [0.15, 0.2) is 24.3 Å². The quantitative estimate of drug-likeness (QED) is 0.309. The monoisotopic (exact) mass is 413 g/mol. The first-order valence-corrected chi connectivity index (χ1v) is 10.1. The minimum atomic E-state index is -0.754. The van der Waals surface area contributed by atoms with Crippen molar-refractivity contribution in [3.8, 4) is 0 Å². The van der Waals surface area contributed by atoms with Gasteiger partial charge in [0.2, 0.25) is 5.78 Å². The molecule has 1 aliphatic heterocycles. The van der Waals surface area contributed by atoms with Crippen LogP contribution in [0.5, 0.6) is 0 Å². The number of hydrogen-bond acceptors (Lipinski definition) is 6. The van der Waals surface area contributed by atoms with Crippen molar-refractivity contribution in [2.75, 3.05) is 24.6 Å². The second kappa shape index (κ2) is 8.69. The number of benzene rings is 1. The first-order valence-electron chi connectivity index (χ1n) is 10.1. The topological polar surface area (TPSA) is 94.7 Å². The van der Waals surface area contributed by atoms with Crippen LogP contribution in [0.2, 0.25) is 0 Å². The molecule has 1 atom stereocenters. The summed E-state index contributed by atoms with van der Waals surface area (Å²) in [5, 5.41) is 11.6. The van der Waals surface area contributed by atoms with Crippen molar-refractivity contribution in [2.45, 2.75) is 33.6 Å². The van der Waals surface area contributed by atoms with Crippen molar-refractivity contribution >= 4 is 23.1 Å². The maximum Gasteiger partial charge on any atom is 0.338 e. The number of aryl methyl sites for hydroxylation is 1. The molecule has 1 aromatic heterocycles. The Morgan fingerprint density at radius 3 is 2.60 bits per heavy atom. The van der Waals surface area contributed by atoms with Crippen LogP contribution in [0.25, 0.3) is 0 Å². The third-order valence-corrected chi connectivity index (χ3v) is 5.82. The number of carbonyl (C=O) groups is 2. The van der Waals surface area contributed by atoms with Gasteiger partial charge in [-0.2, -0.15) is 0 Å². The maximum absolute atomic E-state index is 12.4. The van der Waals surface area contributed by atoms with Gasteiger partial charge in [-0.3, -0.25) is 14.9 Å². The van der Waals surface area contributed by atoms with E-state index in [4.69, 9.17) is 4.74 Å². The van der Waals surface area contributed by atoms with Crippen molar-refractivity contribution in [3.63, 3.8) is 0 Å². The Bertz CT molecular complexity index is 995. The molecule has 0 N–H and O–H groups in total. The van der Waals surface area contributed by atoms with Crippen LogP contribution in [0, 0.1) is 29.9 Å². The number of ketones is 1. The van der Waals surface area contributed by atoms with Crippen LogP contribution >= 0.6 is 0 Å². The second-order valence-corrected chi connectivity index (χ2v) is 8.00. The van der Waals surface area contributed by atoms with Gasteiger partial charge in [0.1, 0.15) is 5.69 Å². The van der Waals surface area contributed by atoms with E-state index < -0.39 is 17.5 Å². The Morgan fingerprint density at radius 1 is 1.27 bits per heavy atom. The number of hydrogen-bond donors (Lipinski definition) is 0. The number of esters is 1. The average Bonchev–Trinajstić information content (AvgIpc) is 2.98. The number of aromatic nitrogens is 1. The van der Waals surface area contributed by atoms with Crippen molar-refractivity contribution in [1.82, 2.24) is 4.57 Å². The van der Waals surface area contributed by atoms with E-state index in [9.17, 15) is 19.7 Å². The van der Waals surface area contributed by atoms with Gasteiger partial charge in [-0.25, -0.2) is 4.79 Å². The van der Waals surface area contributed by atoms with Gasteiger partial charge in [0.25, 0.3) is 5.69 Å². The van der Waals surface area contributed by atoms with Crippen LogP contribution in [-0.2, 0) is 11.8 Å². The number of nitro benzene ring substituents is 1. The fourth-order valence-corrected chi connectivity index (χ4v) is 3.90. The lowest BCUT2D eigenvalue weighted by molar-refractivity contribution is -0.384. The molecule has 0 unspecified atom stereocenters. The van der Waals surface area contributed by atoms with E-state index in [1.54, 1.807) is 12.1 Å². The highest BCUT2D eigenvalue weighted by molar-refractivity contribution is 6.00. The zero-order valence-electron chi connectivity index (χ0n) is 17.8. The number of nitrogens with zero attached hydrogens (tertiary/aromatic N) is 3. The lowest BCUT2D eigenvalue weighted by atomic mass is 9.99. The minimum absolute atomic E-state index is 0.0595. The second-order valence-electron chi connectivity index (χ2n) is 8.00. The van der Waals surface area contributed by atoms with E-state index in [0.29, 0.717) is 17.2 Å². The molecule has 1 aromatic carbocycles. The van der Waals surface area contributed by atoms with Gasteiger partial charge < -0.3 is 14.2 Å². The summed E-state index contributed by atoms with van der Waals surface area (Å²) in [6.07, 6.45) is 2.08. The largest absolute Gasteiger partial charge is 0.454 e. The minimum Gasteiger partial charge on any atom is -0.454 e. The summed E-state index contributed by atoms with van der Waals surface area (Å²) in [6, 6.07) is 6.11. The molecule has 1 fully saturated rings. The first-order chi connectivity index (χ1) is 14.2. The van der Waals surface area contributed by atoms with Crippen molar-refractivity contribution in [2.24, 2.45) is 13.0 Å². The zero-order chi connectivity index (χ0) is 22.0. The van der Waals surface area contributed by atoms with E-state index in [1.165, 1.54) is 12.1 Å². The van der Waals surface area contributed by atoms with Gasteiger partial charge in [0, 0.05) is 43.2 Å². The van der Waals surface area contributed by atoms with Crippen molar-refractivity contribution < 1.29 is 19.2 Å². The van der Waals surface area contributed by atoms with Crippen molar-refractivity contribution in [1.29, 1.82) is 0 Å². The summed E-state index contributed by atoms with van der Waals surface area (Å²) >= 11 is 0. The number of nitro groups is 1. The molecular formula is C22H27N3O5. The Balaban J connectivity index is 1.74. The van der Waals surface area contributed by atoms with Gasteiger partial charge >= 0.3 is 5.97 Å². The Morgan fingerprint density at radius 2 is 2.00 bits per heavy atom. The van der Waals surface area contributed by atoms with E-state index in [-0.39, 0.29) is 17.0 Å². The van der Waals surface area contributed by atoms with Crippen LogP contribution in [-0.4, -0.2) is 40.9 Å². The number of Topliss-reactive ketones (excluding diaryl/α,β-unsaturated/α-hetero) is 1. The Hall–Kier alpha value is -3.16. The molecule has 30 heavy (non-hydrogen) atoms. The molecule has 3 rings (SSSR count). The predicted octanol–water partition coefficient (Wildman–Crippen LogP) is 3.83. The zero-order valence-corrected chi connectivity index (χ0v) is 17.8. The lowest BCUT2D eigenvalue weighted by Gasteiger charge is -2.32. The summed E-state index contributed by atoms with van der Waals surface area (Å²) in [7, 11) is 1.86. The summed E-state index contributed by atoms with van der Waals surface area (Å²) in [4.78, 5) is 38.0. The molecule has 8 nitrogen and oxygen atoms in total. The number of ether oxygens (including phenoxy) is 1. The average molecular weight is 413 g/mol. The van der Waals surface area contributed by atoms with E-state index >= 15 is 0 Å². The number of anilines is 1. The highest BCUT2D eigenvalue weighted by Crippen LogP contribution is 2.32. The Kier molecular flexibility index (Phi) is 6.24. The SMILES string of the molecule is Cc1cc(C(=O)COC(=O)c2ccc(N3CCC[C@H](C)C3)c([N+](=O)[O-])c2)c(C)n1C. The number of carbonyl (C=O) groups excluding carboxylic acids is 2. The molecule has 1 saturated heterocycles. The molecule has 0 saturated carbocycles. The number of piperidine rings is 1. The van der Waals surface area contributed by atoms with Crippen LogP contribution in [0.1, 0.15) is 51.9 Å². The Labute approximate surface area is 175 Å². The van der Waals surface area contributed by atoms with Gasteiger partial charge in [-0.1, -0.05) is 6.92 Å². The van der Waals surface area contributed by atoms with Gasteiger partial charge in [0.05, 0.1) is 10.5 Å². The molecule has 2 heterocycles. The van der Waals surface area contributed by atoms with Gasteiger partial charge in [-0.05, 0) is 50.8 Å². The van der Waals surface area contributed by atoms with Gasteiger partial charge in [-0.15, -0.1) is 0 Å². The fourth-order valence-electron chi connectivity index (χ4n) is 3.90. The molecule has 160 valence electrons. The molecule has 0 amide bonds. The third-order valence-electron chi connectivity index (χ3n) is 5.82. The van der Waals surface area contributed by atoms with Crippen molar-refractivity contribution in [3.05, 3.63) is 56.9 Å². The first kappa shape index (κ1) is 21.5. The molecule has 0 bridgehead atoms. The number of rotatable bonds is 6. The molecular weight excluding hydrogens is 386 g/mol. The highest BCUT2D eigenvalue weighted by atomic mass is 16.6. The normalized spacial score (nSPS) is 16.4. The summed E-state index contributed by atoms with van der Waals surface area (Å²) < 4.78 is 7.04. The van der Waals surface area contributed by atoms with E-state index in [0.717, 1.165) is 37.3 Å². The maximum atomic E-state index is 12.4. The molecule has 8 heteroatoms. The van der Waals surface area contributed by atoms with Crippen LogP contribution in [0.4, 0.5) is 11.4 Å². The molecule has 0 spiro atoms. The summed E-state index contributed by atoms with van der Waals surface area (Å²) in [5.74, 6) is -0.604. The lowest BCUT2D eigenvalue weighted by Crippen LogP contribution is -2.34. The van der Waals surface area contributed by atoms with E-state index in [1.807, 2.05) is 30.4 Å². The highest BCUT2D eigenvalue weighted by Gasteiger charge is 2.26. The van der Waals surface area contributed by atoms with Crippen LogP contribution in [0.3, 0.4) is 0 Å². The fraction of sp³-hybridized carbons (Fsp3) is 0.455. The smallest absolute Gasteiger partial charge is 0.338 e. The van der Waals surface area contributed by atoms with Gasteiger partial charge in [0.15, 0.2) is 6.61 Å².